The van der Waals surface area contributed by atoms with Gasteiger partial charge in [0.15, 0.2) is 0 Å². The van der Waals surface area contributed by atoms with Gasteiger partial charge >= 0.3 is 5.97 Å². The average Bonchev–Trinajstić information content (AvgIpc) is 2.97. The van der Waals surface area contributed by atoms with Gasteiger partial charge in [0.05, 0.1) is 5.56 Å². The summed E-state index contributed by atoms with van der Waals surface area (Å²) in [5.41, 5.74) is 1.77. The van der Waals surface area contributed by atoms with Crippen molar-refractivity contribution in [2.45, 2.75) is 6.61 Å². The average molecular weight is 275 g/mol. The van der Waals surface area contributed by atoms with Gasteiger partial charge in [-0.25, -0.2) is 4.79 Å². The van der Waals surface area contributed by atoms with Crippen LogP contribution in [0.5, 0.6) is 0 Å². The molecule has 0 saturated carbocycles. The number of carbonyl (C=O) groups is 2. The van der Waals surface area contributed by atoms with Crippen molar-refractivity contribution in [2.24, 2.45) is 0 Å². The van der Waals surface area contributed by atoms with Crippen molar-refractivity contribution in [3.05, 3.63) is 57.8 Å². The molecule has 0 bridgehead atoms. The standard InChI is InChI=1S/C14H13NO3S/c1-15-13(16)11-3-2-4-12(7-11)14(17)18-8-10-5-6-19-9-10/h2-7,9H,8H2,1H3,(H,15,16). The Balaban J connectivity index is 2.04. The highest BCUT2D eigenvalue weighted by Crippen LogP contribution is 2.11. The number of hydrogen-bond acceptors (Lipinski definition) is 4. The van der Waals surface area contributed by atoms with E-state index in [0.29, 0.717) is 11.1 Å². The van der Waals surface area contributed by atoms with Crippen molar-refractivity contribution in [3.8, 4) is 0 Å². The summed E-state index contributed by atoms with van der Waals surface area (Å²) in [6, 6.07) is 8.36. The molecular formula is C14H13NO3S. The summed E-state index contributed by atoms with van der Waals surface area (Å²) in [5, 5.41) is 6.36. The number of carbonyl (C=O) groups excluding carboxylic acids is 2. The molecule has 1 amide bonds. The Morgan fingerprint density at radius 1 is 1.26 bits per heavy atom. The molecule has 0 aliphatic carbocycles. The molecule has 0 aliphatic rings. The summed E-state index contributed by atoms with van der Waals surface area (Å²) >= 11 is 1.55. The van der Waals surface area contributed by atoms with Crippen LogP contribution in [0.1, 0.15) is 26.3 Å². The molecular weight excluding hydrogens is 262 g/mol. The smallest absolute Gasteiger partial charge is 0.338 e. The molecule has 0 unspecified atom stereocenters. The van der Waals surface area contributed by atoms with E-state index in [0.717, 1.165) is 5.56 Å². The summed E-state index contributed by atoms with van der Waals surface area (Å²) < 4.78 is 5.18. The van der Waals surface area contributed by atoms with Gasteiger partial charge in [0.2, 0.25) is 0 Å². The molecule has 2 aromatic rings. The number of hydrogen-bond donors (Lipinski definition) is 1. The molecule has 2 rings (SSSR count). The van der Waals surface area contributed by atoms with Gasteiger partial charge in [-0.1, -0.05) is 6.07 Å². The minimum absolute atomic E-state index is 0.229. The van der Waals surface area contributed by atoms with Gasteiger partial charge in [0, 0.05) is 18.2 Å². The van der Waals surface area contributed by atoms with Crippen LogP contribution in [0.25, 0.3) is 0 Å². The van der Waals surface area contributed by atoms with Gasteiger partial charge < -0.3 is 10.1 Å². The van der Waals surface area contributed by atoms with E-state index in [1.165, 1.54) is 6.07 Å². The zero-order valence-corrected chi connectivity index (χ0v) is 11.2. The summed E-state index contributed by atoms with van der Waals surface area (Å²) in [7, 11) is 1.55. The summed E-state index contributed by atoms with van der Waals surface area (Å²) in [5.74, 6) is -0.663. The number of ether oxygens (including phenoxy) is 1. The van der Waals surface area contributed by atoms with Crippen LogP contribution in [0.15, 0.2) is 41.1 Å². The maximum absolute atomic E-state index is 11.9. The van der Waals surface area contributed by atoms with Crippen LogP contribution in [0.2, 0.25) is 0 Å². The van der Waals surface area contributed by atoms with Crippen molar-refractivity contribution in [1.82, 2.24) is 5.32 Å². The first-order chi connectivity index (χ1) is 9.20. The van der Waals surface area contributed by atoms with Crippen molar-refractivity contribution in [2.75, 3.05) is 7.05 Å². The van der Waals surface area contributed by atoms with Crippen molar-refractivity contribution in [3.63, 3.8) is 0 Å². The first kappa shape index (κ1) is 13.3. The zero-order valence-electron chi connectivity index (χ0n) is 10.4. The first-order valence-electron chi connectivity index (χ1n) is 5.71. The number of amides is 1. The summed E-state index contributed by atoms with van der Waals surface area (Å²) in [4.78, 5) is 23.3. The van der Waals surface area contributed by atoms with Gasteiger partial charge in [0.1, 0.15) is 6.61 Å². The normalized spacial score (nSPS) is 9.95. The lowest BCUT2D eigenvalue weighted by Gasteiger charge is -2.05. The number of thiophene rings is 1. The maximum atomic E-state index is 11.9. The van der Waals surface area contributed by atoms with E-state index in [9.17, 15) is 9.59 Å². The molecule has 5 heteroatoms. The van der Waals surface area contributed by atoms with Gasteiger partial charge in [-0.05, 0) is 35.0 Å². The predicted molar refractivity (Wildman–Crippen MR) is 73.3 cm³/mol. The highest BCUT2D eigenvalue weighted by Gasteiger charge is 2.10. The summed E-state index contributed by atoms with van der Waals surface area (Å²) in [6.45, 7) is 0.243. The highest BCUT2D eigenvalue weighted by molar-refractivity contribution is 7.07. The Morgan fingerprint density at radius 3 is 2.74 bits per heavy atom. The monoisotopic (exact) mass is 275 g/mol. The van der Waals surface area contributed by atoms with Crippen molar-refractivity contribution in [1.29, 1.82) is 0 Å². The van der Waals surface area contributed by atoms with Crippen molar-refractivity contribution < 1.29 is 14.3 Å². The van der Waals surface area contributed by atoms with E-state index >= 15 is 0 Å². The highest BCUT2D eigenvalue weighted by atomic mass is 32.1. The number of benzene rings is 1. The molecule has 0 fully saturated rings. The van der Waals surface area contributed by atoms with Gasteiger partial charge in [0.25, 0.3) is 5.91 Å². The molecule has 1 aromatic heterocycles. The topological polar surface area (TPSA) is 55.4 Å². The largest absolute Gasteiger partial charge is 0.457 e. The Bertz CT molecular complexity index is 578. The second-order valence-corrected chi connectivity index (χ2v) is 4.65. The predicted octanol–water partition coefficient (Wildman–Crippen LogP) is 2.46. The molecule has 1 aromatic carbocycles. The van der Waals surface area contributed by atoms with Crippen LogP contribution in [-0.2, 0) is 11.3 Å². The number of esters is 1. The molecule has 0 spiro atoms. The lowest BCUT2D eigenvalue weighted by molar-refractivity contribution is 0.0473. The summed E-state index contributed by atoms with van der Waals surface area (Å²) in [6.07, 6.45) is 0. The van der Waals surface area contributed by atoms with E-state index in [1.807, 2.05) is 16.8 Å². The molecule has 0 atom stereocenters. The Hall–Kier alpha value is -2.14. The third kappa shape index (κ3) is 3.42. The number of nitrogens with one attached hydrogen (secondary N) is 1. The van der Waals surface area contributed by atoms with E-state index in [4.69, 9.17) is 4.74 Å². The molecule has 1 heterocycles. The molecule has 19 heavy (non-hydrogen) atoms. The van der Waals surface area contributed by atoms with Crippen LogP contribution in [0.3, 0.4) is 0 Å². The third-order valence-corrected chi connectivity index (χ3v) is 3.27. The Labute approximate surface area is 115 Å². The van der Waals surface area contributed by atoms with E-state index in [2.05, 4.69) is 5.32 Å². The van der Waals surface area contributed by atoms with E-state index < -0.39 is 5.97 Å². The van der Waals surface area contributed by atoms with Crippen molar-refractivity contribution >= 4 is 23.2 Å². The van der Waals surface area contributed by atoms with Crippen LogP contribution in [0, 0.1) is 0 Å². The molecule has 0 saturated heterocycles. The van der Waals surface area contributed by atoms with Crippen LogP contribution < -0.4 is 5.32 Å². The SMILES string of the molecule is CNC(=O)c1cccc(C(=O)OCc2ccsc2)c1. The van der Waals surface area contributed by atoms with Gasteiger partial charge in [-0.15, -0.1) is 0 Å². The third-order valence-electron chi connectivity index (χ3n) is 2.54. The van der Waals surface area contributed by atoms with Gasteiger partial charge in [-0.2, -0.15) is 11.3 Å². The minimum atomic E-state index is -0.433. The van der Waals surface area contributed by atoms with Crippen LogP contribution in [0.4, 0.5) is 0 Å². The van der Waals surface area contributed by atoms with Gasteiger partial charge in [-0.3, -0.25) is 4.79 Å². The first-order valence-corrected chi connectivity index (χ1v) is 6.65. The second kappa shape index (κ2) is 6.15. The second-order valence-electron chi connectivity index (χ2n) is 3.87. The molecule has 0 radical (unpaired) electrons. The van der Waals surface area contributed by atoms with Crippen LogP contribution in [-0.4, -0.2) is 18.9 Å². The molecule has 0 aliphatic heterocycles. The molecule has 4 nitrogen and oxygen atoms in total. The minimum Gasteiger partial charge on any atom is -0.457 e. The van der Waals surface area contributed by atoms with Crippen LogP contribution >= 0.6 is 11.3 Å². The Kier molecular flexibility index (Phi) is 4.30. The fourth-order valence-corrected chi connectivity index (χ4v) is 2.19. The Morgan fingerprint density at radius 2 is 2.05 bits per heavy atom. The number of rotatable bonds is 4. The maximum Gasteiger partial charge on any atom is 0.338 e. The molecule has 98 valence electrons. The van der Waals surface area contributed by atoms with E-state index in [-0.39, 0.29) is 12.5 Å². The van der Waals surface area contributed by atoms with E-state index in [1.54, 1.807) is 36.6 Å². The molecule has 1 N–H and O–H groups in total. The quantitative estimate of drug-likeness (QED) is 0.872. The fraction of sp³-hybridized carbons (Fsp3) is 0.143. The zero-order chi connectivity index (χ0) is 13.7. The fourth-order valence-electron chi connectivity index (χ4n) is 1.54. The lowest BCUT2D eigenvalue weighted by atomic mass is 10.1. The lowest BCUT2D eigenvalue weighted by Crippen LogP contribution is -2.18.